The fourth-order valence-corrected chi connectivity index (χ4v) is 5.48. The third kappa shape index (κ3) is 8.29. The highest BCUT2D eigenvalue weighted by molar-refractivity contribution is 6.32. The number of hydrogen-bond donors (Lipinski definition) is 3. The third-order valence-corrected chi connectivity index (χ3v) is 8.30. The van der Waals surface area contributed by atoms with E-state index in [9.17, 15) is 20.3 Å². The first-order valence-electron chi connectivity index (χ1n) is 15.3. The first-order valence-corrected chi connectivity index (χ1v) is 15.7. The minimum atomic E-state index is -1.18. The molecule has 0 unspecified atom stereocenters. The van der Waals surface area contributed by atoms with Gasteiger partial charge in [0.1, 0.15) is 36.8 Å². The number of hydrogen-bond acceptors (Lipinski definition) is 9. The summed E-state index contributed by atoms with van der Waals surface area (Å²) in [6.07, 6.45) is 4.95. The van der Waals surface area contributed by atoms with Gasteiger partial charge in [-0.3, -0.25) is 15.1 Å². The number of aliphatic carboxylic acids is 1. The van der Waals surface area contributed by atoms with Crippen LogP contribution in [-0.2, 0) is 31.1 Å². The van der Waals surface area contributed by atoms with E-state index in [-0.39, 0.29) is 19.8 Å². The number of fused-ring (bicyclic) bond motifs is 1. The van der Waals surface area contributed by atoms with Gasteiger partial charge in [-0.1, -0.05) is 35.9 Å². The van der Waals surface area contributed by atoms with Gasteiger partial charge in [-0.2, -0.15) is 5.26 Å². The smallest absolute Gasteiger partial charge is 0.323 e. The summed E-state index contributed by atoms with van der Waals surface area (Å²) >= 11 is 6.67. The van der Waals surface area contributed by atoms with E-state index in [2.05, 4.69) is 76.1 Å². The molecule has 0 fully saturated rings. The summed E-state index contributed by atoms with van der Waals surface area (Å²) in [7, 11) is 4.11. The Kier molecular flexibility index (Phi) is 11.3. The molecular formula is C36H37ClN6O5. The number of carbonyl (C=O) groups is 1. The Hall–Kier alpha value is -4.99. The van der Waals surface area contributed by atoms with Crippen LogP contribution in [0.15, 0.2) is 73.3 Å². The first-order chi connectivity index (χ1) is 23.2. The van der Waals surface area contributed by atoms with Crippen LogP contribution in [0.3, 0.4) is 0 Å². The van der Waals surface area contributed by atoms with Crippen molar-refractivity contribution in [2.24, 2.45) is 0 Å². The third-order valence-electron chi connectivity index (χ3n) is 8.00. The van der Waals surface area contributed by atoms with Gasteiger partial charge in [0, 0.05) is 49.2 Å². The number of benzene rings is 3. The lowest BCUT2D eigenvalue weighted by molar-refractivity contribution is -0.140. The zero-order valence-electron chi connectivity index (χ0n) is 27.0. The van der Waals surface area contributed by atoms with Gasteiger partial charge in [0.2, 0.25) is 0 Å². The molecule has 248 valence electrons. The molecule has 11 nitrogen and oxygen atoms in total. The maximum Gasteiger partial charge on any atom is 0.323 e. The van der Waals surface area contributed by atoms with Crippen LogP contribution in [0, 0.1) is 18.3 Å². The lowest BCUT2D eigenvalue weighted by Gasteiger charge is -2.18. The largest absolute Gasteiger partial charge is 0.488 e. The van der Waals surface area contributed by atoms with E-state index in [1.807, 2.05) is 18.5 Å². The van der Waals surface area contributed by atoms with Crippen molar-refractivity contribution in [2.45, 2.75) is 39.3 Å². The van der Waals surface area contributed by atoms with E-state index in [1.54, 1.807) is 24.4 Å². The minimum absolute atomic E-state index is 0.0583. The van der Waals surface area contributed by atoms with Crippen LogP contribution >= 0.6 is 11.6 Å². The molecule has 0 aliphatic heterocycles. The Labute approximate surface area is 284 Å². The average molecular weight is 669 g/mol. The van der Waals surface area contributed by atoms with Gasteiger partial charge in [-0.05, 0) is 67.5 Å². The molecule has 1 atom stereocenters. The van der Waals surface area contributed by atoms with E-state index in [0.717, 1.165) is 46.4 Å². The Bertz CT molecular complexity index is 1950. The number of nitrogens with one attached hydrogen (secondary N) is 1. The number of carboxylic acid groups (broad SMARTS) is 1. The van der Waals surface area contributed by atoms with Crippen molar-refractivity contribution >= 4 is 28.6 Å². The number of aliphatic hydroxyl groups excluding tert-OH is 1. The van der Waals surface area contributed by atoms with Crippen molar-refractivity contribution in [2.75, 3.05) is 27.2 Å². The Morgan fingerprint density at radius 1 is 1.08 bits per heavy atom. The zero-order chi connectivity index (χ0) is 34.2. The summed E-state index contributed by atoms with van der Waals surface area (Å²) in [6, 6.07) is 18.3. The molecule has 3 N–H and O–H groups in total. The average Bonchev–Trinajstić information content (AvgIpc) is 3.49. The van der Waals surface area contributed by atoms with E-state index in [0.29, 0.717) is 33.2 Å². The van der Waals surface area contributed by atoms with Crippen LogP contribution in [0.1, 0.15) is 27.8 Å². The topological polar surface area (TPSA) is 146 Å². The number of ether oxygens (including phenoxy) is 2. The number of aromatic nitrogens is 3. The van der Waals surface area contributed by atoms with Crippen LogP contribution in [0.5, 0.6) is 11.5 Å². The molecule has 0 saturated heterocycles. The molecule has 5 aromatic rings. The van der Waals surface area contributed by atoms with Crippen LogP contribution < -0.4 is 14.8 Å². The molecule has 0 aliphatic rings. The van der Waals surface area contributed by atoms with Crippen molar-refractivity contribution in [3.63, 3.8) is 0 Å². The number of imidazole rings is 1. The number of likely N-dealkylation sites (N-methyl/N-ethyl adjacent to an activating group) is 1. The van der Waals surface area contributed by atoms with Gasteiger partial charge in [-0.25, -0.2) is 4.98 Å². The predicted molar refractivity (Wildman–Crippen MR) is 183 cm³/mol. The summed E-state index contributed by atoms with van der Waals surface area (Å²) in [5.41, 5.74) is 7.83. The fraction of sp³-hybridized carbons (Fsp3) is 0.278. The summed E-state index contributed by atoms with van der Waals surface area (Å²) in [5, 5.41) is 31.2. The van der Waals surface area contributed by atoms with Crippen molar-refractivity contribution in [3.8, 4) is 28.7 Å². The molecule has 3 aromatic carbocycles. The quantitative estimate of drug-likeness (QED) is 0.136. The molecule has 0 amide bonds. The van der Waals surface area contributed by atoms with Crippen molar-refractivity contribution < 1.29 is 24.5 Å². The maximum absolute atomic E-state index is 11.5. The molecular weight excluding hydrogens is 632 g/mol. The molecule has 0 aliphatic carbocycles. The number of nitriles is 1. The van der Waals surface area contributed by atoms with Gasteiger partial charge in [0.05, 0.1) is 34.6 Å². The van der Waals surface area contributed by atoms with Crippen LogP contribution in [-0.4, -0.2) is 68.9 Å². The summed E-state index contributed by atoms with van der Waals surface area (Å²) < 4.78 is 14.5. The molecule has 0 saturated carbocycles. The monoisotopic (exact) mass is 668 g/mol. The van der Waals surface area contributed by atoms with Gasteiger partial charge < -0.3 is 29.2 Å². The lowest BCUT2D eigenvalue weighted by atomic mass is 9.96. The van der Waals surface area contributed by atoms with E-state index in [4.69, 9.17) is 21.1 Å². The van der Waals surface area contributed by atoms with Crippen molar-refractivity contribution in [1.29, 1.82) is 5.26 Å². The van der Waals surface area contributed by atoms with Gasteiger partial charge >= 0.3 is 5.97 Å². The molecule has 0 radical (unpaired) electrons. The SMILES string of the molecule is Cc1c(COc2cc(OCc3cncc(C#N)c3)c(CN[C@H](CO)C(=O)O)cc2Cl)cccc1-c1ccc2c(c1)ncn2CCN(C)C. The van der Waals surface area contributed by atoms with Crippen molar-refractivity contribution in [1.82, 2.24) is 24.8 Å². The maximum atomic E-state index is 11.5. The number of pyridine rings is 1. The standard InChI is InChI=1S/C36H37ClN6O5/c1-23-27(5-4-6-29(23)26-7-8-33-31(13-26)41-22-43(33)10-9-42(2)3)21-48-35-14-34(47-20-25-11-24(15-38)16-39-17-25)28(12-30(35)37)18-40-32(19-44)36(45)46/h4-8,11-14,16-17,22,32,40,44H,9-10,18-21H2,1-3H3,(H,45,46)/t32-/m1/s1. The molecule has 2 aromatic heterocycles. The Balaban J connectivity index is 1.37. The van der Waals surface area contributed by atoms with E-state index >= 15 is 0 Å². The molecule has 0 spiro atoms. The first kappa shape index (κ1) is 34.3. The van der Waals surface area contributed by atoms with Crippen LogP contribution in [0.25, 0.3) is 22.2 Å². The summed E-state index contributed by atoms with van der Waals surface area (Å²) in [6.45, 7) is 3.65. The lowest BCUT2D eigenvalue weighted by Crippen LogP contribution is -2.39. The fourth-order valence-electron chi connectivity index (χ4n) is 5.24. The molecule has 48 heavy (non-hydrogen) atoms. The van der Waals surface area contributed by atoms with Gasteiger partial charge in [-0.15, -0.1) is 0 Å². The normalized spacial score (nSPS) is 11.9. The van der Waals surface area contributed by atoms with Crippen molar-refractivity contribution in [3.05, 3.63) is 106 Å². The van der Waals surface area contributed by atoms with Crippen LogP contribution in [0.2, 0.25) is 5.02 Å². The number of nitrogens with zero attached hydrogens (tertiary/aromatic N) is 5. The molecule has 2 heterocycles. The van der Waals surface area contributed by atoms with Crippen LogP contribution in [0.4, 0.5) is 0 Å². The number of carboxylic acids is 1. The molecule has 5 rings (SSSR count). The second-order valence-electron chi connectivity index (χ2n) is 11.7. The number of aliphatic hydroxyl groups is 1. The predicted octanol–water partition coefficient (Wildman–Crippen LogP) is 5.19. The Morgan fingerprint density at radius 3 is 2.65 bits per heavy atom. The van der Waals surface area contributed by atoms with E-state index in [1.165, 1.54) is 6.20 Å². The highest BCUT2D eigenvalue weighted by atomic mass is 35.5. The zero-order valence-corrected chi connectivity index (χ0v) is 27.7. The second kappa shape index (κ2) is 15.7. The number of rotatable bonds is 15. The van der Waals surface area contributed by atoms with Gasteiger partial charge in [0.15, 0.2) is 0 Å². The highest BCUT2D eigenvalue weighted by Crippen LogP contribution is 2.35. The molecule has 0 bridgehead atoms. The minimum Gasteiger partial charge on any atom is -0.488 e. The second-order valence-corrected chi connectivity index (χ2v) is 12.1. The molecule has 12 heteroatoms. The summed E-state index contributed by atoms with van der Waals surface area (Å²) in [5.74, 6) is -0.404. The van der Waals surface area contributed by atoms with E-state index < -0.39 is 18.6 Å². The van der Waals surface area contributed by atoms with Gasteiger partial charge in [0.25, 0.3) is 0 Å². The summed E-state index contributed by atoms with van der Waals surface area (Å²) in [4.78, 5) is 22.3. The number of halogens is 1. The highest BCUT2D eigenvalue weighted by Gasteiger charge is 2.19. The Morgan fingerprint density at radius 2 is 1.90 bits per heavy atom.